The molecule has 0 rings (SSSR count). The molecule has 0 aromatic heterocycles. The molecule has 0 radical (unpaired) electrons. The van der Waals surface area contributed by atoms with Crippen LogP contribution in [0.3, 0.4) is 0 Å². The molecule has 0 N–H and O–H groups in total. The lowest BCUT2D eigenvalue weighted by Gasteiger charge is -1.91. The van der Waals surface area contributed by atoms with Gasteiger partial charge in [0, 0.05) is 7.05 Å². The highest BCUT2D eigenvalue weighted by molar-refractivity contribution is 6.69. The Bertz CT molecular complexity index is 198. The minimum Gasteiger partial charge on any atom is -0.274 e. The average Bonchev–Trinajstić information content (AvgIpc) is 2.00. The van der Waals surface area contributed by atoms with Gasteiger partial charge in [-0.25, -0.2) is 9.38 Å². The molecule has 56 valence electrons. The van der Waals surface area contributed by atoms with E-state index in [1.165, 1.54) is 7.05 Å². The molecule has 0 atom stereocenters. The molecule has 0 aliphatic heterocycles. The van der Waals surface area contributed by atoms with Gasteiger partial charge in [0.25, 0.3) is 0 Å². The Hall–Kier alpha value is -0.410. The van der Waals surface area contributed by atoms with Gasteiger partial charge in [0.15, 0.2) is 16.2 Å². The lowest BCUT2D eigenvalue weighted by atomic mass is 10.6. The molecule has 0 heterocycles. The maximum atomic E-state index is 12.5. The van der Waals surface area contributed by atoms with Crippen LogP contribution in [0.25, 0.3) is 0 Å². The molecule has 0 saturated heterocycles. The Balaban J connectivity index is 4.63. The lowest BCUT2D eigenvalue weighted by Crippen LogP contribution is -1.88. The van der Waals surface area contributed by atoms with Crippen LogP contribution in [-0.4, -0.2) is 18.9 Å². The smallest absolute Gasteiger partial charge is 0.197 e. The van der Waals surface area contributed by atoms with Gasteiger partial charge in [-0.15, -0.1) is 0 Å². The van der Waals surface area contributed by atoms with Crippen molar-refractivity contribution in [3.63, 3.8) is 0 Å². The number of halogens is 3. The number of hydrogen-bond donors (Lipinski definition) is 0. The van der Waals surface area contributed by atoms with Crippen LogP contribution in [0.15, 0.2) is 21.0 Å². The van der Waals surface area contributed by atoms with Gasteiger partial charge in [0.2, 0.25) is 0 Å². The molecule has 0 amide bonds. The monoisotopic (exact) mass is 182 g/mol. The van der Waals surface area contributed by atoms with Crippen molar-refractivity contribution in [1.82, 2.24) is 0 Å². The van der Waals surface area contributed by atoms with Crippen molar-refractivity contribution >= 4 is 35.1 Å². The third-order valence-electron chi connectivity index (χ3n) is 0.697. The third kappa shape index (κ3) is 2.45. The van der Waals surface area contributed by atoms with E-state index < -0.39 is 5.83 Å². The van der Waals surface area contributed by atoms with Crippen LogP contribution >= 0.6 is 23.2 Å². The van der Waals surface area contributed by atoms with E-state index in [1.807, 2.05) is 0 Å². The molecule has 0 unspecified atom stereocenters. The minimum absolute atomic E-state index is 0.308. The fraction of sp³-hybridized carbons (Fsp3) is 0.200. The van der Waals surface area contributed by atoms with E-state index in [9.17, 15) is 4.39 Å². The summed E-state index contributed by atoms with van der Waals surface area (Å²) in [6.45, 7) is 3.00. The molecule has 0 spiro atoms. The molecule has 10 heavy (non-hydrogen) atoms. The third-order valence-corrected chi connectivity index (χ3v) is 1.32. The normalized spacial score (nSPS) is 14.6. The van der Waals surface area contributed by atoms with Gasteiger partial charge in [-0.2, -0.15) is 0 Å². The van der Waals surface area contributed by atoms with E-state index >= 15 is 0 Å². The summed E-state index contributed by atoms with van der Waals surface area (Å²) in [5.41, 5.74) is 0. The first-order valence-electron chi connectivity index (χ1n) is 2.28. The predicted octanol–water partition coefficient (Wildman–Crippen LogP) is 2.33. The zero-order valence-corrected chi connectivity index (χ0v) is 6.75. The lowest BCUT2D eigenvalue weighted by molar-refractivity contribution is 0.678. The fourth-order valence-electron chi connectivity index (χ4n) is 0.253. The highest BCUT2D eigenvalue weighted by atomic mass is 35.5. The summed E-state index contributed by atoms with van der Waals surface area (Å²) < 4.78 is 12.5. The maximum Gasteiger partial charge on any atom is 0.197 e. The standard InChI is InChI=1S/C5H5Cl2FN2/c1-9-4(6)3(8)5(7)10-2/h1H2,2H3/b4-3+,10-5+. The first-order chi connectivity index (χ1) is 4.63. The zero-order chi connectivity index (χ0) is 8.15. The first kappa shape index (κ1) is 9.59. The van der Waals surface area contributed by atoms with Gasteiger partial charge in [-0.3, -0.25) is 4.99 Å². The van der Waals surface area contributed by atoms with E-state index in [-0.39, 0.29) is 10.3 Å². The van der Waals surface area contributed by atoms with Crippen LogP contribution < -0.4 is 0 Å². The van der Waals surface area contributed by atoms with Gasteiger partial charge in [-0.05, 0) is 6.72 Å². The van der Waals surface area contributed by atoms with Crippen LogP contribution in [-0.2, 0) is 0 Å². The van der Waals surface area contributed by atoms with Crippen molar-refractivity contribution < 1.29 is 4.39 Å². The number of hydrogen-bond acceptors (Lipinski definition) is 2. The van der Waals surface area contributed by atoms with Gasteiger partial charge in [0.05, 0.1) is 0 Å². The Labute approximate surface area is 68.1 Å². The highest BCUT2D eigenvalue weighted by Gasteiger charge is 2.06. The van der Waals surface area contributed by atoms with E-state index in [0.29, 0.717) is 0 Å². The largest absolute Gasteiger partial charge is 0.274 e. The topological polar surface area (TPSA) is 24.7 Å². The highest BCUT2D eigenvalue weighted by Crippen LogP contribution is 2.15. The molecule has 0 aromatic rings. The molecule has 2 nitrogen and oxygen atoms in total. The Morgan fingerprint density at radius 3 is 2.30 bits per heavy atom. The molecule has 0 fully saturated rings. The van der Waals surface area contributed by atoms with Crippen molar-refractivity contribution in [1.29, 1.82) is 0 Å². The second kappa shape index (κ2) is 4.41. The predicted molar refractivity (Wildman–Crippen MR) is 42.7 cm³/mol. The second-order valence-corrected chi connectivity index (χ2v) is 1.99. The van der Waals surface area contributed by atoms with E-state index in [0.717, 1.165) is 0 Å². The average molecular weight is 183 g/mol. The summed E-state index contributed by atoms with van der Waals surface area (Å²) >= 11 is 10.4. The van der Waals surface area contributed by atoms with Crippen LogP contribution in [0.1, 0.15) is 0 Å². The van der Waals surface area contributed by atoms with Gasteiger partial charge >= 0.3 is 0 Å². The Morgan fingerprint density at radius 1 is 1.50 bits per heavy atom. The molecule has 0 aliphatic carbocycles. The van der Waals surface area contributed by atoms with Crippen molar-refractivity contribution in [2.24, 2.45) is 9.98 Å². The van der Waals surface area contributed by atoms with Gasteiger partial charge in [0.1, 0.15) is 0 Å². The molecule has 0 saturated carbocycles. The molecular weight excluding hydrogens is 178 g/mol. The summed E-state index contributed by atoms with van der Waals surface area (Å²) in [6.07, 6.45) is 0. The quantitative estimate of drug-likeness (QED) is 0.463. The van der Waals surface area contributed by atoms with Crippen molar-refractivity contribution in [3.05, 3.63) is 11.0 Å². The Morgan fingerprint density at radius 2 is 2.00 bits per heavy atom. The summed E-state index contributed by atoms with van der Waals surface area (Å²) in [5.74, 6) is -0.860. The van der Waals surface area contributed by atoms with Crippen molar-refractivity contribution in [2.45, 2.75) is 0 Å². The summed E-state index contributed by atoms with van der Waals surface area (Å²) in [7, 11) is 1.34. The maximum absolute atomic E-state index is 12.5. The second-order valence-electron chi connectivity index (χ2n) is 1.28. The van der Waals surface area contributed by atoms with E-state index in [2.05, 4.69) is 16.7 Å². The summed E-state index contributed by atoms with van der Waals surface area (Å²) in [5, 5.41) is -0.687. The number of rotatable bonds is 2. The number of allylic oxidation sites excluding steroid dienone is 1. The zero-order valence-electron chi connectivity index (χ0n) is 5.24. The summed E-state index contributed by atoms with van der Waals surface area (Å²) in [4.78, 5) is 6.45. The van der Waals surface area contributed by atoms with Crippen LogP contribution in [0.4, 0.5) is 4.39 Å². The molecule has 5 heteroatoms. The number of nitrogens with zero attached hydrogens (tertiary/aromatic N) is 2. The summed E-state index contributed by atoms with van der Waals surface area (Å²) in [6, 6.07) is 0. The minimum atomic E-state index is -0.860. The fourth-order valence-corrected chi connectivity index (χ4v) is 0.480. The van der Waals surface area contributed by atoms with E-state index in [1.54, 1.807) is 0 Å². The molecule has 0 aromatic carbocycles. The molecule has 0 bridgehead atoms. The Kier molecular flexibility index (Phi) is 4.23. The van der Waals surface area contributed by atoms with Crippen LogP contribution in [0, 0.1) is 0 Å². The van der Waals surface area contributed by atoms with Crippen LogP contribution in [0.2, 0.25) is 0 Å². The molecular formula is C5H5Cl2FN2. The SMILES string of the molecule is C=N/C(Cl)=C(F)\C(Cl)=N/C. The van der Waals surface area contributed by atoms with Crippen molar-refractivity contribution in [3.8, 4) is 0 Å². The van der Waals surface area contributed by atoms with Crippen LogP contribution in [0.5, 0.6) is 0 Å². The van der Waals surface area contributed by atoms with E-state index in [4.69, 9.17) is 23.2 Å². The number of aliphatic imine (C=N–C) groups is 2. The van der Waals surface area contributed by atoms with Gasteiger partial charge < -0.3 is 0 Å². The molecule has 0 aliphatic rings. The van der Waals surface area contributed by atoms with Gasteiger partial charge in [-0.1, -0.05) is 23.2 Å². The first-order valence-corrected chi connectivity index (χ1v) is 3.03. The van der Waals surface area contributed by atoms with Crippen molar-refractivity contribution in [2.75, 3.05) is 7.05 Å².